The van der Waals surface area contributed by atoms with Gasteiger partial charge < -0.3 is 15.2 Å². The summed E-state index contributed by atoms with van der Waals surface area (Å²) in [5.41, 5.74) is 9.29. The second kappa shape index (κ2) is 5.76. The van der Waals surface area contributed by atoms with Gasteiger partial charge in [0.25, 0.3) is 5.91 Å². The minimum absolute atomic E-state index is 0.314. The summed E-state index contributed by atoms with van der Waals surface area (Å²) in [4.78, 5) is 15.9. The zero-order valence-corrected chi connectivity index (χ0v) is 12.6. The van der Waals surface area contributed by atoms with Gasteiger partial charge in [0, 0.05) is 17.5 Å². The third kappa shape index (κ3) is 2.43. The van der Waals surface area contributed by atoms with Crippen molar-refractivity contribution in [2.45, 2.75) is 19.8 Å². The fourth-order valence-corrected chi connectivity index (χ4v) is 2.74. The Bertz CT molecular complexity index is 724. The van der Waals surface area contributed by atoms with Crippen molar-refractivity contribution < 1.29 is 14.3 Å². The number of primary amides is 1. The maximum atomic E-state index is 11.7. The van der Waals surface area contributed by atoms with Gasteiger partial charge in [-0.3, -0.25) is 4.79 Å². The molecule has 0 saturated carbocycles. The molecule has 0 radical (unpaired) electrons. The van der Waals surface area contributed by atoms with E-state index in [0.717, 1.165) is 22.5 Å². The highest BCUT2D eigenvalue weighted by atomic mass is 16.5. The standard InChI is InChI=1S/C15H18N4O3/c1-9-7-10(8-17-15(9)21-2)19-12-4-6-22-5-3-11(12)13(18-19)14(16)20/h7-8H,3-6H2,1-2H3,(H2,16,20). The lowest BCUT2D eigenvalue weighted by molar-refractivity contribution is 0.0993. The first-order valence-electron chi connectivity index (χ1n) is 7.11. The molecule has 0 spiro atoms. The van der Waals surface area contributed by atoms with Crippen molar-refractivity contribution in [3.63, 3.8) is 0 Å². The SMILES string of the molecule is COc1ncc(-n2nc(C(N)=O)c3c2CCOCC3)cc1C. The zero-order valence-electron chi connectivity index (χ0n) is 12.6. The first-order valence-corrected chi connectivity index (χ1v) is 7.11. The molecule has 3 heterocycles. The summed E-state index contributed by atoms with van der Waals surface area (Å²) in [7, 11) is 1.58. The number of hydrogen-bond acceptors (Lipinski definition) is 5. The average Bonchev–Trinajstić information content (AvgIpc) is 2.69. The highest BCUT2D eigenvalue weighted by molar-refractivity contribution is 5.92. The van der Waals surface area contributed by atoms with Gasteiger partial charge in [-0.15, -0.1) is 0 Å². The highest BCUT2D eigenvalue weighted by Gasteiger charge is 2.23. The number of aromatic nitrogens is 3. The molecule has 2 N–H and O–H groups in total. The number of carbonyl (C=O) groups is 1. The van der Waals surface area contributed by atoms with Gasteiger partial charge in [-0.25, -0.2) is 9.67 Å². The van der Waals surface area contributed by atoms with Crippen LogP contribution >= 0.6 is 0 Å². The minimum Gasteiger partial charge on any atom is -0.481 e. The molecule has 3 rings (SSSR count). The molecule has 0 saturated heterocycles. The number of aryl methyl sites for hydroxylation is 1. The van der Waals surface area contributed by atoms with Crippen molar-refractivity contribution >= 4 is 5.91 Å². The second-order valence-electron chi connectivity index (χ2n) is 5.18. The van der Waals surface area contributed by atoms with Gasteiger partial charge in [-0.05, 0) is 19.4 Å². The fourth-order valence-electron chi connectivity index (χ4n) is 2.74. The van der Waals surface area contributed by atoms with Gasteiger partial charge in [0.05, 0.1) is 37.9 Å². The first kappa shape index (κ1) is 14.5. The van der Waals surface area contributed by atoms with Crippen LogP contribution in [0.3, 0.4) is 0 Å². The summed E-state index contributed by atoms with van der Waals surface area (Å²) in [6.45, 7) is 3.08. The quantitative estimate of drug-likeness (QED) is 0.905. The van der Waals surface area contributed by atoms with E-state index in [-0.39, 0.29) is 0 Å². The summed E-state index contributed by atoms with van der Waals surface area (Å²) in [5, 5.41) is 4.41. The third-order valence-electron chi connectivity index (χ3n) is 3.76. The molecule has 0 fully saturated rings. The van der Waals surface area contributed by atoms with E-state index in [9.17, 15) is 4.79 Å². The van der Waals surface area contributed by atoms with E-state index in [1.54, 1.807) is 18.0 Å². The van der Waals surface area contributed by atoms with Crippen molar-refractivity contribution in [1.82, 2.24) is 14.8 Å². The molecule has 1 amide bonds. The summed E-state index contributed by atoms with van der Waals surface area (Å²) in [6, 6.07) is 1.93. The molecule has 2 aromatic rings. The Labute approximate surface area is 128 Å². The lowest BCUT2D eigenvalue weighted by Gasteiger charge is -2.09. The molecule has 7 nitrogen and oxygen atoms in total. The lowest BCUT2D eigenvalue weighted by atomic mass is 10.1. The number of ether oxygens (including phenoxy) is 2. The van der Waals surface area contributed by atoms with Crippen LogP contribution in [-0.2, 0) is 17.6 Å². The molecule has 1 aliphatic rings. The number of pyridine rings is 1. The van der Waals surface area contributed by atoms with Crippen molar-refractivity contribution in [1.29, 1.82) is 0 Å². The van der Waals surface area contributed by atoms with E-state index in [1.165, 1.54) is 0 Å². The van der Waals surface area contributed by atoms with Crippen LogP contribution in [0.4, 0.5) is 0 Å². The molecule has 1 aliphatic heterocycles. The summed E-state index contributed by atoms with van der Waals surface area (Å²) in [5.74, 6) is 0.0514. The van der Waals surface area contributed by atoms with Crippen LogP contribution in [-0.4, -0.2) is 41.0 Å². The Morgan fingerprint density at radius 2 is 2.18 bits per heavy atom. The monoisotopic (exact) mass is 302 g/mol. The van der Waals surface area contributed by atoms with E-state index < -0.39 is 5.91 Å². The molecule has 22 heavy (non-hydrogen) atoms. The number of carbonyl (C=O) groups excluding carboxylic acids is 1. The Kier molecular flexibility index (Phi) is 3.81. The first-order chi connectivity index (χ1) is 10.6. The maximum Gasteiger partial charge on any atom is 0.269 e. The maximum absolute atomic E-state index is 11.7. The van der Waals surface area contributed by atoms with E-state index in [1.807, 2.05) is 13.0 Å². The Hall–Kier alpha value is -2.41. The Balaban J connectivity index is 2.14. The number of nitrogens with two attached hydrogens (primary N) is 1. The number of methoxy groups -OCH3 is 1. The molecule has 2 aromatic heterocycles. The van der Waals surface area contributed by atoms with Crippen LogP contribution in [0.25, 0.3) is 5.69 Å². The predicted molar refractivity (Wildman–Crippen MR) is 79.4 cm³/mol. The molecule has 0 unspecified atom stereocenters. The van der Waals surface area contributed by atoms with Gasteiger partial charge in [0.15, 0.2) is 5.69 Å². The van der Waals surface area contributed by atoms with Gasteiger partial charge in [0.2, 0.25) is 5.88 Å². The van der Waals surface area contributed by atoms with Crippen molar-refractivity contribution in [2.24, 2.45) is 5.73 Å². The number of rotatable bonds is 3. The molecule has 116 valence electrons. The molecule has 7 heteroatoms. The smallest absolute Gasteiger partial charge is 0.269 e. The number of amides is 1. The van der Waals surface area contributed by atoms with Gasteiger partial charge in [-0.1, -0.05) is 0 Å². The minimum atomic E-state index is -0.518. The lowest BCUT2D eigenvalue weighted by Crippen LogP contribution is -2.15. The topological polar surface area (TPSA) is 92.3 Å². The molecule has 0 aliphatic carbocycles. The Morgan fingerprint density at radius 3 is 2.86 bits per heavy atom. The molecule has 0 atom stereocenters. The Morgan fingerprint density at radius 1 is 1.41 bits per heavy atom. The fraction of sp³-hybridized carbons (Fsp3) is 0.400. The van der Waals surface area contributed by atoms with Gasteiger partial charge in [-0.2, -0.15) is 5.10 Å². The number of nitrogens with zero attached hydrogens (tertiary/aromatic N) is 3. The molecular formula is C15H18N4O3. The molecule has 0 bridgehead atoms. The van der Waals surface area contributed by atoms with E-state index in [4.69, 9.17) is 15.2 Å². The van der Waals surface area contributed by atoms with E-state index in [0.29, 0.717) is 37.6 Å². The van der Waals surface area contributed by atoms with E-state index in [2.05, 4.69) is 10.1 Å². The highest BCUT2D eigenvalue weighted by Crippen LogP contribution is 2.24. The second-order valence-corrected chi connectivity index (χ2v) is 5.18. The third-order valence-corrected chi connectivity index (χ3v) is 3.76. The van der Waals surface area contributed by atoms with Crippen molar-refractivity contribution in [3.8, 4) is 11.6 Å². The van der Waals surface area contributed by atoms with Crippen LogP contribution in [0.5, 0.6) is 5.88 Å². The summed E-state index contributed by atoms with van der Waals surface area (Å²) < 4.78 is 12.4. The van der Waals surface area contributed by atoms with Gasteiger partial charge in [0.1, 0.15) is 0 Å². The summed E-state index contributed by atoms with van der Waals surface area (Å²) in [6.07, 6.45) is 2.99. The normalized spacial score (nSPS) is 14.3. The van der Waals surface area contributed by atoms with Crippen LogP contribution in [0.1, 0.15) is 27.3 Å². The van der Waals surface area contributed by atoms with Crippen LogP contribution in [0.2, 0.25) is 0 Å². The van der Waals surface area contributed by atoms with Crippen LogP contribution in [0.15, 0.2) is 12.3 Å². The molecule has 0 aromatic carbocycles. The zero-order chi connectivity index (χ0) is 15.7. The number of fused-ring (bicyclic) bond motifs is 1. The van der Waals surface area contributed by atoms with Crippen LogP contribution < -0.4 is 10.5 Å². The summed E-state index contributed by atoms with van der Waals surface area (Å²) >= 11 is 0. The predicted octanol–water partition coefficient (Wildman–Crippen LogP) is 0.798. The van der Waals surface area contributed by atoms with Crippen LogP contribution in [0, 0.1) is 6.92 Å². The largest absolute Gasteiger partial charge is 0.481 e. The van der Waals surface area contributed by atoms with Gasteiger partial charge >= 0.3 is 0 Å². The van der Waals surface area contributed by atoms with Crippen molar-refractivity contribution in [3.05, 3.63) is 34.8 Å². The number of hydrogen-bond donors (Lipinski definition) is 1. The molecular weight excluding hydrogens is 284 g/mol. The average molecular weight is 302 g/mol. The van der Waals surface area contributed by atoms with E-state index >= 15 is 0 Å². The van der Waals surface area contributed by atoms with Crippen molar-refractivity contribution in [2.75, 3.05) is 20.3 Å².